The summed E-state index contributed by atoms with van der Waals surface area (Å²) in [6.45, 7) is 0. The minimum absolute atomic E-state index is 0.0255. The molecule has 0 saturated carbocycles. The first-order valence-corrected chi connectivity index (χ1v) is 4.66. The van der Waals surface area contributed by atoms with Gasteiger partial charge in [-0.2, -0.15) is 0 Å². The highest BCUT2D eigenvalue weighted by molar-refractivity contribution is 6.33. The van der Waals surface area contributed by atoms with Gasteiger partial charge >= 0.3 is 0 Å². The van der Waals surface area contributed by atoms with E-state index in [2.05, 4.69) is 0 Å². The van der Waals surface area contributed by atoms with Crippen LogP contribution >= 0.6 is 23.2 Å². The number of alkyl halides is 1. The average Bonchev–Trinajstić information content (AvgIpc) is 2.11. The summed E-state index contributed by atoms with van der Waals surface area (Å²) in [6.07, 6.45) is 0.309. The number of halogens is 2. The monoisotopic (exact) mass is 217 g/mol. The van der Waals surface area contributed by atoms with Gasteiger partial charge in [-0.05, 0) is 17.7 Å². The van der Waals surface area contributed by atoms with Crippen LogP contribution in [0.2, 0.25) is 5.02 Å². The van der Waals surface area contributed by atoms with E-state index in [9.17, 15) is 4.79 Å². The molecule has 4 heteroatoms. The number of rotatable bonds is 3. The zero-order chi connectivity index (χ0) is 9.84. The minimum Gasteiger partial charge on any atom is -0.398 e. The number of ketones is 1. The molecule has 0 amide bonds. The Bertz CT molecular complexity index is 325. The van der Waals surface area contributed by atoms with Gasteiger partial charge in [0.1, 0.15) is 0 Å². The van der Waals surface area contributed by atoms with Gasteiger partial charge in [-0.25, -0.2) is 0 Å². The van der Waals surface area contributed by atoms with E-state index in [1.807, 2.05) is 0 Å². The average molecular weight is 218 g/mol. The van der Waals surface area contributed by atoms with E-state index >= 15 is 0 Å². The first-order chi connectivity index (χ1) is 6.13. The summed E-state index contributed by atoms with van der Waals surface area (Å²) in [5.74, 6) is 0.00430. The molecule has 1 rings (SSSR count). The molecule has 2 nitrogen and oxygen atoms in total. The molecule has 0 saturated heterocycles. The molecule has 0 aliphatic heterocycles. The molecule has 0 radical (unpaired) electrons. The lowest BCUT2D eigenvalue weighted by atomic mass is 10.1. The smallest absolute Gasteiger partial charge is 0.151 e. The van der Waals surface area contributed by atoms with Crippen LogP contribution in [0.4, 0.5) is 5.69 Å². The lowest BCUT2D eigenvalue weighted by Gasteiger charge is -2.01. The molecule has 0 fully saturated rings. The number of Topliss-reactive ketones (excluding diaryl/α,β-unsaturated/α-hetero) is 1. The number of nitrogen functional groups attached to an aromatic ring is 1. The van der Waals surface area contributed by atoms with E-state index in [0.717, 1.165) is 5.56 Å². The van der Waals surface area contributed by atoms with Gasteiger partial charge < -0.3 is 5.73 Å². The van der Waals surface area contributed by atoms with E-state index in [4.69, 9.17) is 28.9 Å². The number of anilines is 1. The van der Waals surface area contributed by atoms with E-state index < -0.39 is 0 Å². The lowest BCUT2D eigenvalue weighted by molar-refractivity contribution is -0.116. The van der Waals surface area contributed by atoms with Crippen molar-refractivity contribution in [1.82, 2.24) is 0 Å². The van der Waals surface area contributed by atoms with Crippen LogP contribution in [0, 0.1) is 0 Å². The number of nitrogens with two attached hydrogens (primary N) is 1. The van der Waals surface area contributed by atoms with Gasteiger partial charge in [0, 0.05) is 6.42 Å². The Kier molecular flexibility index (Phi) is 3.58. The van der Waals surface area contributed by atoms with Crippen LogP contribution in [0.1, 0.15) is 5.56 Å². The number of carbonyl (C=O) groups excluding carboxylic acids is 1. The SMILES string of the molecule is Nc1ccc(CC(=O)CCl)cc1Cl. The maximum absolute atomic E-state index is 11.0. The topological polar surface area (TPSA) is 43.1 Å². The summed E-state index contributed by atoms with van der Waals surface area (Å²) >= 11 is 11.1. The van der Waals surface area contributed by atoms with Crippen molar-refractivity contribution in [3.8, 4) is 0 Å². The van der Waals surface area contributed by atoms with Crippen LogP contribution in [-0.2, 0) is 11.2 Å². The number of hydrogen-bond donors (Lipinski definition) is 1. The Balaban J connectivity index is 2.79. The van der Waals surface area contributed by atoms with Gasteiger partial charge in [0.2, 0.25) is 0 Å². The summed E-state index contributed by atoms with van der Waals surface area (Å²) < 4.78 is 0. The first kappa shape index (κ1) is 10.4. The Morgan fingerprint density at radius 2 is 2.15 bits per heavy atom. The summed E-state index contributed by atoms with van der Waals surface area (Å²) in [5.41, 5.74) is 6.86. The molecule has 0 aliphatic carbocycles. The second-order valence-electron chi connectivity index (χ2n) is 2.70. The quantitative estimate of drug-likeness (QED) is 0.624. The second-order valence-corrected chi connectivity index (χ2v) is 3.38. The highest BCUT2D eigenvalue weighted by Crippen LogP contribution is 2.19. The number of benzene rings is 1. The van der Waals surface area contributed by atoms with Crippen molar-refractivity contribution in [1.29, 1.82) is 0 Å². The van der Waals surface area contributed by atoms with Gasteiger partial charge in [0.05, 0.1) is 16.6 Å². The molecule has 0 spiro atoms. The molecule has 2 N–H and O–H groups in total. The molecule has 0 aliphatic rings. The van der Waals surface area contributed by atoms with E-state index in [1.54, 1.807) is 18.2 Å². The molecule has 1 aromatic carbocycles. The van der Waals surface area contributed by atoms with Crippen LogP contribution in [0.3, 0.4) is 0 Å². The summed E-state index contributed by atoms with van der Waals surface area (Å²) in [6, 6.07) is 5.13. The highest BCUT2D eigenvalue weighted by Gasteiger charge is 2.03. The van der Waals surface area contributed by atoms with Crippen molar-refractivity contribution in [3.63, 3.8) is 0 Å². The molecular weight excluding hydrogens is 209 g/mol. The fourth-order valence-corrected chi connectivity index (χ4v) is 1.25. The van der Waals surface area contributed by atoms with Gasteiger partial charge in [0.25, 0.3) is 0 Å². The molecule has 0 heterocycles. The van der Waals surface area contributed by atoms with Gasteiger partial charge in [-0.3, -0.25) is 4.79 Å². The Hall–Kier alpha value is -0.730. The minimum atomic E-state index is -0.0255. The predicted octanol–water partition coefficient (Wildman–Crippen LogP) is 2.27. The fourth-order valence-electron chi connectivity index (χ4n) is 0.956. The maximum atomic E-state index is 11.0. The summed E-state index contributed by atoms with van der Waals surface area (Å²) in [4.78, 5) is 11.0. The van der Waals surface area contributed by atoms with E-state index in [1.165, 1.54) is 0 Å². The zero-order valence-electron chi connectivity index (χ0n) is 6.89. The van der Waals surface area contributed by atoms with Crippen LogP contribution in [0.5, 0.6) is 0 Å². The summed E-state index contributed by atoms with van der Waals surface area (Å²) in [7, 11) is 0. The molecule has 0 aromatic heterocycles. The van der Waals surface area contributed by atoms with Crippen molar-refractivity contribution in [2.75, 3.05) is 11.6 Å². The van der Waals surface area contributed by atoms with Crippen LogP contribution in [-0.4, -0.2) is 11.7 Å². The first-order valence-electron chi connectivity index (χ1n) is 3.75. The number of hydrogen-bond acceptors (Lipinski definition) is 2. The molecule has 13 heavy (non-hydrogen) atoms. The summed E-state index contributed by atoms with van der Waals surface area (Å²) in [5, 5.41) is 0.472. The molecule has 0 bridgehead atoms. The van der Waals surface area contributed by atoms with Crippen molar-refractivity contribution in [2.45, 2.75) is 6.42 Å². The van der Waals surface area contributed by atoms with Crippen LogP contribution in [0.25, 0.3) is 0 Å². The second kappa shape index (κ2) is 4.49. The van der Waals surface area contributed by atoms with Crippen molar-refractivity contribution >= 4 is 34.7 Å². The third kappa shape index (κ3) is 2.90. The largest absolute Gasteiger partial charge is 0.398 e. The van der Waals surface area contributed by atoms with Crippen LogP contribution in [0.15, 0.2) is 18.2 Å². The lowest BCUT2D eigenvalue weighted by Crippen LogP contribution is -2.03. The van der Waals surface area contributed by atoms with Crippen molar-refractivity contribution < 1.29 is 4.79 Å². The Morgan fingerprint density at radius 1 is 1.46 bits per heavy atom. The molecule has 70 valence electrons. The highest BCUT2D eigenvalue weighted by atomic mass is 35.5. The normalized spacial score (nSPS) is 10.0. The Morgan fingerprint density at radius 3 is 2.69 bits per heavy atom. The third-order valence-corrected chi connectivity index (χ3v) is 2.24. The van der Waals surface area contributed by atoms with Gasteiger partial charge in [0.15, 0.2) is 5.78 Å². The van der Waals surface area contributed by atoms with E-state index in [0.29, 0.717) is 17.1 Å². The standard InChI is InChI=1S/C9H9Cl2NO/c10-5-7(13)3-6-1-2-9(12)8(11)4-6/h1-2,4H,3,5,12H2. The molecule has 0 atom stereocenters. The maximum Gasteiger partial charge on any atom is 0.151 e. The fraction of sp³-hybridized carbons (Fsp3) is 0.222. The predicted molar refractivity (Wildman–Crippen MR) is 55.3 cm³/mol. The van der Waals surface area contributed by atoms with Crippen molar-refractivity contribution in [3.05, 3.63) is 28.8 Å². The third-order valence-electron chi connectivity index (χ3n) is 1.62. The van der Waals surface area contributed by atoms with Crippen LogP contribution < -0.4 is 5.73 Å². The number of carbonyl (C=O) groups is 1. The van der Waals surface area contributed by atoms with Gasteiger partial charge in [-0.15, -0.1) is 11.6 Å². The van der Waals surface area contributed by atoms with Gasteiger partial charge in [-0.1, -0.05) is 17.7 Å². The Labute approximate surface area is 86.6 Å². The van der Waals surface area contributed by atoms with Crippen molar-refractivity contribution in [2.24, 2.45) is 0 Å². The molecule has 0 unspecified atom stereocenters. The molecular formula is C9H9Cl2NO. The molecule has 1 aromatic rings. The zero-order valence-corrected chi connectivity index (χ0v) is 8.40. The van der Waals surface area contributed by atoms with E-state index in [-0.39, 0.29) is 11.7 Å².